The smallest absolute Gasteiger partial charge is 0.387 e. The monoisotopic (exact) mass is 388 g/mol. The van der Waals surface area contributed by atoms with Gasteiger partial charge in [-0.15, -0.1) is 0 Å². The maximum atomic E-state index is 12.5. The van der Waals surface area contributed by atoms with Gasteiger partial charge in [-0.3, -0.25) is 14.4 Å². The van der Waals surface area contributed by atoms with Gasteiger partial charge in [0.15, 0.2) is 17.5 Å². The van der Waals surface area contributed by atoms with Crippen LogP contribution in [-0.4, -0.2) is 30.8 Å². The van der Waals surface area contributed by atoms with Crippen molar-refractivity contribution in [3.05, 3.63) is 41.7 Å². The summed E-state index contributed by atoms with van der Waals surface area (Å²) in [5.41, 5.74) is -0.0892. The summed E-state index contributed by atoms with van der Waals surface area (Å²) in [6.07, 6.45) is 2.79. The van der Waals surface area contributed by atoms with Crippen molar-refractivity contribution in [2.24, 2.45) is 5.92 Å². The SMILES string of the molecule is CC1=CC(=O)C(C(=O)C=Cc2ccc(OC(F)F)cc2OC(F)F)C(=O)O1. The van der Waals surface area contributed by atoms with Crippen molar-refractivity contribution in [1.29, 1.82) is 0 Å². The van der Waals surface area contributed by atoms with Crippen molar-refractivity contribution in [3.8, 4) is 11.5 Å². The lowest BCUT2D eigenvalue weighted by molar-refractivity contribution is -0.151. The molecule has 2 rings (SSSR count). The molecule has 0 radical (unpaired) electrons. The second kappa shape index (κ2) is 8.47. The van der Waals surface area contributed by atoms with Gasteiger partial charge in [0.1, 0.15) is 17.3 Å². The van der Waals surface area contributed by atoms with Crippen LogP contribution in [0.3, 0.4) is 0 Å². The molecule has 1 aliphatic rings. The van der Waals surface area contributed by atoms with Crippen molar-refractivity contribution >= 4 is 23.6 Å². The molecule has 6 nitrogen and oxygen atoms in total. The van der Waals surface area contributed by atoms with Gasteiger partial charge in [0, 0.05) is 17.7 Å². The number of rotatable bonds is 7. The molecule has 0 fully saturated rings. The number of halogens is 4. The summed E-state index contributed by atoms with van der Waals surface area (Å²) in [6, 6.07) is 2.92. The number of hydrogen-bond donors (Lipinski definition) is 0. The van der Waals surface area contributed by atoms with E-state index in [1.165, 1.54) is 6.92 Å². The first-order valence-corrected chi connectivity index (χ1v) is 7.37. The van der Waals surface area contributed by atoms with Crippen molar-refractivity contribution < 1.29 is 46.2 Å². The maximum absolute atomic E-state index is 12.5. The number of ketones is 2. The molecule has 1 atom stereocenters. The minimum atomic E-state index is -3.27. The van der Waals surface area contributed by atoms with Crippen molar-refractivity contribution in [2.45, 2.75) is 20.1 Å². The molecule has 0 N–H and O–H groups in total. The summed E-state index contributed by atoms with van der Waals surface area (Å²) in [7, 11) is 0. The maximum Gasteiger partial charge on any atom is 0.387 e. The van der Waals surface area contributed by atoms with Crippen molar-refractivity contribution in [1.82, 2.24) is 0 Å². The van der Waals surface area contributed by atoms with Gasteiger partial charge in [-0.2, -0.15) is 17.6 Å². The molecule has 1 aliphatic heterocycles. The van der Waals surface area contributed by atoms with Gasteiger partial charge in [-0.05, 0) is 31.2 Å². The van der Waals surface area contributed by atoms with Crippen LogP contribution in [0.15, 0.2) is 36.1 Å². The zero-order chi connectivity index (χ0) is 20.1. The molecule has 1 heterocycles. The summed E-state index contributed by atoms with van der Waals surface area (Å²) in [4.78, 5) is 35.6. The molecule has 1 aromatic rings. The highest BCUT2D eigenvalue weighted by atomic mass is 19.3. The predicted octanol–water partition coefficient (Wildman–Crippen LogP) is 3.12. The molecule has 10 heteroatoms. The van der Waals surface area contributed by atoms with Crippen LogP contribution < -0.4 is 9.47 Å². The van der Waals surface area contributed by atoms with E-state index in [9.17, 15) is 31.9 Å². The van der Waals surface area contributed by atoms with E-state index in [2.05, 4.69) is 9.47 Å². The van der Waals surface area contributed by atoms with E-state index in [4.69, 9.17) is 4.74 Å². The first kappa shape index (κ1) is 20.1. The number of ether oxygens (including phenoxy) is 3. The third-order valence-electron chi connectivity index (χ3n) is 3.27. The van der Waals surface area contributed by atoms with Crippen LogP contribution in [-0.2, 0) is 19.1 Å². The zero-order valence-electron chi connectivity index (χ0n) is 13.7. The van der Waals surface area contributed by atoms with E-state index in [1.807, 2.05) is 0 Å². The van der Waals surface area contributed by atoms with E-state index in [0.717, 1.165) is 36.4 Å². The number of allylic oxidation sites excluding steroid dienone is 3. The summed E-state index contributed by atoms with van der Waals surface area (Å²) in [5, 5.41) is 0. The summed E-state index contributed by atoms with van der Waals surface area (Å²) >= 11 is 0. The third-order valence-corrected chi connectivity index (χ3v) is 3.27. The number of hydrogen-bond acceptors (Lipinski definition) is 6. The second-order valence-corrected chi connectivity index (χ2v) is 5.20. The number of carbonyl (C=O) groups is 3. The number of alkyl halides is 4. The van der Waals surface area contributed by atoms with Crippen LogP contribution in [0, 0.1) is 5.92 Å². The van der Waals surface area contributed by atoms with E-state index in [0.29, 0.717) is 0 Å². The molecule has 1 unspecified atom stereocenters. The highest BCUT2D eigenvalue weighted by Crippen LogP contribution is 2.29. The van der Waals surface area contributed by atoms with Crippen LogP contribution in [0.25, 0.3) is 6.08 Å². The highest BCUT2D eigenvalue weighted by molar-refractivity contribution is 6.25. The Bertz CT molecular complexity index is 816. The van der Waals surface area contributed by atoms with Crippen molar-refractivity contribution in [2.75, 3.05) is 0 Å². The minimum absolute atomic E-state index is 0.0419. The second-order valence-electron chi connectivity index (χ2n) is 5.20. The van der Waals surface area contributed by atoms with E-state index >= 15 is 0 Å². The van der Waals surface area contributed by atoms with Gasteiger partial charge in [-0.25, -0.2) is 0 Å². The molecule has 0 amide bonds. The number of cyclic esters (lactones) is 1. The molecule has 0 spiro atoms. The van der Waals surface area contributed by atoms with Crippen LogP contribution in [0.5, 0.6) is 11.5 Å². The Balaban J connectivity index is 2.25. The normalized spacial score (nSPS) is 17.3. The van der Waals surface area contributed by atoms with Gasteiger partial charge in [0.25, 0.3) is 0 Å². The lowest BCUT2D eigenvalue weighted by Crippen LogP contribution is -2.34. The van der Waals surface area contributed by atoms with Gasteiger partial charge in [0.2, 0.25) is 0 Å². The molecule has 144 valence electrons. The third kappa shape index (κ3) is 5.40. The molecule has 0 saturated carbocycles. The molecule has 27 heavy (non-hydrogen) atoms. The number of esters is 1. The van der Waals surface area contributed by atoms with E-state index < -0.39 is 48.2 Å². The molecule has 0 aliphatic carbocycles. The van der Waals surface area contributed by atoms with Gasteiger partial charge in [0.05, 0.1) is 0 Å². The fraction of sp³-hybridized carbons (Fsp3) is 0.235. The number of carbonyl (C=O) groups excluding carboxylic acids is 3. The van der Waals surface area contributed by atoms with E-state index in [1.54, 1.807) is 0 Å². The van der Waals surface area contributed by atoms with Gasteiger partial charge in [-0.1, -0.05) is 0 Å². The first-order valence-electron chi connectivity index (χ1n) is 7.37. The Morgan fingerprint density at radius 3 is 2.41 bits per heavy atom. The van der Waals surface area contributed by atoms with Crippen LogP contribution in [0.1, 0.15) is 12.5 Å². The average molecular weight is 388 g/mol. The van der Waals surface area contributed by atoms with Crippen LogP contribution in [0.4, 0.5) is 17.6 Å². The molecule has 0 saturated heterocycles. The average Bonchev–Trinajstić information content (AvgIpc) is 2.52. The zero-order valence-corrected chi connectivity index (χ0v) is 13.7. The molecule has 0 aromatic heterocycles. The minimum Gasteiger partial charge on any atom is -0.435 e. The number of benzene rings is 1. The van der Waals surface area contributed by atoms with Gasteiger partial charge < -0.3 is 14.2 Å². The largest absolute Gasteiger partial charge is 0.435 e. The Kier molecular flexibility index (Phi) is 6.32. The lowest BCUT2D eigenvalue weighted by Gasteiger charge is -2.16. The molecular weight excluding hydrogens is 376 g/mol. The standard InChI is InChI=1S/C17H12F4O6/c1-8-6-12(23)14(15(24)25-8)11(22)5-3-9-2-4-10(26-16(18)19)7-13(9)27-17(20)21/h2-7,14,16-17H,1H3. The highest BCUT2D eigenvalue weighted by Gasteiger charge is 2.36. The fourth-order valence-electron chi connectivity index (χ4n) is 2.20. The van der Waals surface area contributed by atoms with Crippen molar-refractivity contribution in [3.63, 3.8) is 0 Å². The van der Waals surface area contributed by atoms with Gasteiger partial charge >= 0.3 is 19.2 Å². The summed E-state index contributed by atoms with van der Waals surface area (Å²) < 4.78 is 62.5. The quantitative estimate of drug-likeness (QED) is 0.309. The van der Waals surface area contributed by atoms with Crippen LogP contribution >= 0.6 is 0 Å². The predicted molar refractivity (Wildman–Crippen MR) is 82.1 cm³/mol. The summed E-state index contributed by atoms with van der Waals surface area (Å²) in [5.74, 6) is -5.41. The van der Waals surface area contributed by atoms with E-state index in [-0.39, 0.29) is 11.3 Å². The lowest BCUT2D eigenvalue weighted by atomic mass is 9.96. The Hall–Kier alpha value is -3.17. The molecule has 0 bridgehead atoms. The fourth-order valence-corrected chi connectivity index (χ4v) is 2.20. The Morgan fingerprint density at radius 1 is 1.15 bits per heavy atom. The molecular formula is C17H12F4O6. The first-order chi connectivity index (χ1) is 12.7. The topological polar surface area (TPSA) is 78.9 Å². The van der Waals surface area contributed by atoms with Crippen LogP contribution in [0.2, 0.25) is 0 Å². The molecule has 1 aromatic carbocycles. The summed E-state index contributed by atoms with van der Waals surface area (Å²) in [6.45, 7) is -5.08. The Labute approximate surface area is 150 Å². The Morgan fingerprint density at radius 2 is 1.81 bits per heavy atom.